The predicted molar refractivity (Wildman–Crippen MR) is 82.2 cm³/mol. The number of likely N-dealkylation sites (tertiary alicyclic amines) is 1. The van der Waals surface area contributed by atoms with Gasteiger partial charge in [-0.1, -0.05) is 20.8 Å². The minimum Gasteiger partial charge on any atom is -0.481 e. The molecule has 7 heteroatoms. The van der Waals surface area contributed by atoms with Crippen LogP contribution in [0.3, 0.4) is 0 Å². The average molecular weight is 309 g/mol. The first-order chi connectivity index (χ1) is 10.5. The minimum absolute atomic E-state index is 0.178. The van der Waals surface area contributed by atoms with Crippen LogP contribution in [0, 0.1) is 11.8 Å². The number of hydrogen-bond donors (Lipinski definition) is 1. The highest BCUT2D eigenvalue weighted by molar-refractivity contribution is 5.70. The van der Waals surface area contributed by atoms with Gasteiger partial charge in [-0.05, 0) is 55.1 Å². The average Bonchev–Trinajstić information content (AvgIpc) is 2.95. The second-order valence-electron chi connectivity index (χ2n) is 6.52. The number of hydrogen-bond acceptors (Lipinski definition) is 5. The Morgan fingerprint density at radius 2 is 2.05 bits per heavy atom. The Hall–Kier alpha value is -1.50. The van der Waals surface area contributed by atoms with E-state index in [-0.39, 0.29) is 12.0 Å². The van der Waals surface area contributed by atoms with Crippen molar-refractivity contribution in [1.29, 1.82) is 0 Å². The first-order valence-corrected chi connectivity index (χ1v) is 8.25. The quantitative estimate of drug-likeness (QED) is 0.829. The molecule has 1 aliphatic heterocycles. The van der Waals surface area contributed by atoms with E-state index in [4.69, 9.17) is 5.11 Å². The minimum atomic E-state index is -0.672. The van der Waals surface area contributed by atoms with Gasteiger partial charge in [0.1, 0.15) is 0 Å². The molecule has 1 N–H and O–H groups in total. The van der Waals surface area contributed by atoms with Crippen molar-refractivity contribution in [1.82, 2.24) is 25.1 Å². The van der Waals surface area contributed by atoms with Gasteiger partial charge in [-0.25, -0.2) is 4.68 Å². The van der Waals surface area contributed by atoms with Gasteiger partial charge < -0.3 is 5.11 Å². The van der Waals surface area contributed by atoms with Crippen LogP contribution >= 0.6 is 0 Å². The molecule has 0 saturated carbocycles. The van der Waals surface area contributed by atoms with Crippen molar-refractivity contribution in [3.63, 3.8) is 0 Å². The number of nitrogens with zero attached hydrogens (tertiary/aromatic N) is 5. The maximum absolute atomic E-state index is 11.1. The third-order valence-corrected chi connectivity index (χ3v) is 4.48. The van der Waals surface area contributed by atoms with Crippen LogP contribution in [0.4, 0.5) is 0 Å². The zero-order valence-electron chi connectivity index (χ0n) is 13.8. The van der Waals surface area contributed by atoms with Crippen molar-refractivity contribution in [3.8, 4) is 0 Å². The van der Waals surface area contributed by atoms with Crippen LogP contribution in [0.1, 0.15) is 58.3 Å². The number of rotatable bonds is 7. The standard InChI is InChI=1S/C15H27N5O2/c1-4-13(19-8-6-12(7-9-19)15(21)22)14-16-17-18-20(14)10-5-11(2)3/h11-13H,4-10H2,1-3H3,(H,21,22). The van der Waals surface area contributed by atoms with Gasteiger partial charge in [0.05, 0.1) is 12.0 Å². The van der Waals surface area contributed by atoms with E-state index in [2.05, 4.69) is 41.2 Å². The van der Waals surface area contributed by atoms with Crippen molar-refractivity contribution < 1.29 is 9.90 Å². The Bertz CT molecular complexity index is 480. The van der Waals surface area contributed by atoms with E-state index in [1.165, 1.54) is 0 Å². The smallest absolute Gasteiger partial charge is 0.306 e. The number of piperidine rings is 1. The highest BCUT2D eigenvalue weighted by atomic mass is 16.4. The molecule has 1 saturated heterocycles. The maximum atomic E-state index is 11.1. The molecule has 0 aliphatic carbocycles. The molecule has 0 spiro atoms. The summed E-state index contributed by atoms with van der Waals surface area (Å²) in [7, 11) is 0. The van der Waals surface area contributed by atoms with E-state index in [0.717, 1.165) is 38.3 Å². The van der Waals surface area contributed by atoms with Crippen LogP contribution in [-0.2, 0) is 11.3 Å². The van der Waals surface area contributed by atoms with Crippen molar-refractivity contribution >= 4 is 5.97 Å². The summed E-state index contributed by atoms with van der Waals surface area (Å²) in [6, 6.07) is 0.178. The van der Waals surface area contributed by atoms with Crippen LogP contribution in [0.5, 0.6) is 0 Å². The second-order valence-corrected chi connectivity index (χ2v) is 6.52. The largest absolute Gasteiger partial charge is 0.481 e. The molecule has 0 radical (unpaired) electrons. The Labute approximate surface area is 131 Å². The van der Waals surface area contributed by atoms with Crippen LogP contribution in [0.25, 0.3) is 0 Å². The molecule has 7 nitrogen and oxygen atoms in total. The summed E-state index contributed by atoms with van der Waals surface area (Å²) >= 11 is 0. The monoisotopic (exact) mass is 309 g/mol. The van der Waals surface area contributed by atoms with Gasteiger partial charge in [0, 0.05) is 6.54 Å². The lowest BCUT2D eigenvalue weighted by Crippen LogP contribution is -2.39. The molecule has 1 fully saturated rings. The van der Waals surface area contributed by atoms with Crippen molar-refractivity contribution in [2.75, 3.05) is 13.1 Å². The Morgan fingerprint density at radius 1 is 1.36 bits per heavy atom. The van der Waals surface area contributed by atoms with E-state index in [9.17, 15) is 4.79 Å². The van der Waals surface area contributed by atoms with Crippen molar-refractivity contribution in [3.05, 3.63) is 5.82 Å². The molecule has 1 aromatic rings. The molecule has 1 atom stereocenters. The molecular weight excluding hydrogens is 282 g/mol. The first kappa shape index (κ1) is 16.9. The number of tetrazole rings is 1. The lowest BCUT2D eigenvalue weighted by molar-refractivity contribution is -0.143. The van der Waals surface area contributed by atoms with Gasteiger partial charge in [0.2, 0.25) is 0 Å². The molecule has 1 unspecified atom stereocenters. The molecule has 0 bridgehead atoms. The SMILES string of the molecule is CCC(c1nnnn1CCC(C)C)N1CCC(C(=O)O)CC1. The molecule has 124 valence electrons. The number of carboxylic acids is 1. The summed E-state index contributed by atoms with van der Waals surface area (Å²) in [4.78, 5) is 13.4. The molecular formula is C15H27N5O2. The van der Waals surface area contributed by atoms with Crippen LogP contribution in [0.15, 0.2) is 0 Å². The summed E-state index contributed by atoms with van der Waals surface area (Å²) in [5, 5.41) is 21.3. The third kappa shape index (κ3) is 4.03. The van der Waals surface area contributed by atoms with Gasteiger partial charge >= 0.3 is 5.97 Å². The zero-order valence-corrected chi connectivity index (χ0v) is 13.8. The number of aryl methyl sites for hydroxylation is 1. The van der Waals surface area contributed by atoms with Gasteiger partial charge in [0.25, 0.3) is 0 Å². The fourth-order valence-electron chi connectivity index (χ4n) is 3.05. The van der Waals surface area contributed by atoms with E-state index < -0.39 is 5.97 Å². The number of aliphatic carboxylic acids is 1. The molecule has 2 rings (SSSR count). The second kappa shape index (κ2) is 7.67. The van der Waals surface area contributed by atoms with Gasteiger partial charge in [0.15, 0.2) is 5.82 Å². The summed E-state index contributed by atoms with van der Waals surface area (Å²) < 4.78 is 1.91. The van der Waals surface area contributed by atoms with E-state index in [1.807, 2.05) is 4.68 Å². The van der Waals surface area contributed by atoms with E-state index in [0.29, 0.717) is 18.8 Å². The molecule has 1 aliphatic rings. The Balaban J connectivity index is 2.03. The number of carboxylic acid groups (broad SMARTS) is 1. The molecule has 1 aromatic heterocycles. The molecule has 0 amide bonds. The van der Waals surface area contributed by atoms with Gasteiger partial charge in [-0.15, -0.1) is 5.10 Å². The number of aromatic nitrogens is 4. The van der Waals surface area contributed by atoms with Crippen molar-refractivity contribution in [2.24, 2.45) is 11.8 Å². The summed E-state index contributed by atoms with van der Waals surface area (Å²) in [6.07, 6.45) is 3.40. The summed E-state index contributed by atoms with van der Waals surface area (Å²) in [5.41, 5.74) is 0. The molecule has 22 heavy (non-hydrogen) atoms. The predicted octanol–water partition coefficient (Wildman–Crippen LogP) is 1.97. The topological polar surface area (TPSA) is 84.1 Å². The fourth-order valence-corrected chi connectivity index (χ4v) is 3.05. The molecule has 0 aromatic carbocycles. The zero-order chi connectivity index (χ0) is 16.1. The summed E-state index contributed by atoms with van der Waals surface area (Å²) in [5.74, 6) is 0.653. The summed E-state index contributed by atoms with van der Waals surface area (Å²) in [6.45, 7) is 8.95. The van der Waals surface area contributed by atoms with Crippen LogP contribution in [0.2, 0.25) is 0 Å². The first-order valence-electron chi connectivity index (χ1n) is 8.25. The third-order valence-electron chi connectivity index (χ3n) is 4.48. The maximum Gasteiger partial charge on any atom is 0.306 e. The van der Waals surface area contributed by atoms with E-state index in [1.54, 1.807) is 0 Å². The van der Waals surface area contributed by atoms with Gasteiger partial charge in [-0.3, -0.25) is 9.69 Å². The van der Waals surface area contributed by atoms with Crippen LogP contribution in [-0.4, -0.2) is 49.3 Å². The van der Waals surface area contributed by atoms with E-state index >= 15 is 0 Å². The molecule has 2 heterocycles. The Kier molecular flexibility index (Phi) is 5.88. The number of carbonyl (C=O) groups is 1. The lowest BCUT2D eigenvalue weighted by Gasteiger charge is -2.35. The fraction of sp³-hybridized carbons (Fsp3) is 0.867. The normalized spacial score (nSPS) is 18.7. The lowest BCUT2D eigenvalue weighted by atomic mass is 9.95. The Morgan fingerprint density at radius 3 is 2.59 bits per heavy atom. The highest BCUT2D eigenvalue weighted by Crippen LogP contribution is 2.28. The van der Waals surface area contributed by atoms with Gasteiger partial charge in [-0.2, -0.15) is 0 Å². The van der Waals surface area contributed by atoms with Crippen LogP contribution < -0.4 is 0 Å². The van der Waals surface area contributed by atoms with Crippen molar-refractivity contribution in [2.45, 2.75) is 59.0 Å². The highest BCUT2D eigenvalue weighted by Gasteiger charge is 2.30.